The number of thiophene rings is 1. The van der Waals surface area contributed by atoms with Crippen molar-refractivity contribution >= 4 is 51.4 Å². The van der Waals surface area contributed by atoms with E-state index in [2.05, 4.69) is 20.9 Å². The second-order valence-corrected chi connectivity index (χ2v) is 7.66. The van der Waals surface area contributed by atoms with Gasteiger partial charge in [-0.3, -0.25) is 9.69 Å². The minimum Gasteiger partial charge on any atom is -0.377 e. The Morgan fingerprint density at radius 3 is 2.42 bits per heavy atom. The minimum absolute atomic E-state index is 0.771. The average molecular weight is 366 g/mol. The molecule has 0 atom stereocenters. The first-order valence-electron chi connectivity index (χ1n) is 8.33. The van der Waals surface area contributed by atoms with Crippen molar-refractivity contribution in [2.45, 2.75) is 20.8 Å². The number of aliphatic imine (C=N–C) groups is 1. The maximum Gasteiger partial charge on any atom is 0.219 e. The molecule has 0 saturated carbocycles. The Kier molecular flexibility index (Phi) is 5.04. The number of carbonyl (C=O) groups excluding carboxylic acids is 1. The molecule has 0 aliphatic rings. The fourth-order valence-electron chi connectivity index (χ4n) is 2.79. The van der Waals surface area contributed by atoms with Gasteiger partial charge in [-0.2, -0.15) is 0 Å². The van der Waals surface area contributed by atoms with E-state index in [4.69, 9.17) is 0 Å². The summed E-state index contributed by atoms with van der Waals surface area (Å²) in [6.07, 6.45) is 2.35. The molecule has 0 unspecified atom stereocenters. The van der Waals surface area contributed by atoms with Crippen LogP contribution in [0.4, 0.5) is 17.1 Å². The van der Waals surface area contributed by atoms with E-state index in [1.165, 1.54) is 4.90 Å². The molecule has 0 spiro atoms. The van der Waals surface area contributed by atoms with E-state index in [1.807, 2.05) is 59.1 Å². The lowest BCUT2D eigenvalue weighted by atomic mass is 10.2. The fourth-order valence-corrected chi connectivity index (χ4v) is 3.83. The van der Waals surface area contributed by atoms with Gasteiger partial charge in [0, 0.05) is 30.4 Å². The van der Waals surface area contributed by atoms with Gasteiger partial charge in [-0.15, -0.1) is 11.3 Å². The summed E-state index contributed by atoms with van der Waals surface area (Å²) in [7, 11) is 4.03. The van der Waals surface area contributed by atoms with E-state index in [9.17, 15) is 4.79 Å². The molecule has 0 radical (unpaired) electrons. The number of hydrogen-bond acceptors (Lipinski definition) is 5. The molecular weight excluding hydrogens is 344 g/mol. The van der Waals surface area contributed by atoms with E-state index >= 15 is 0 Å². The molecular formula is C20H22N4OS. The van der Waals surface area contributed by atoms with Crippen LogP contribution in [-0.2, 0) is 4.79 Å². The maximum absolute atomic E-state index is 11.5. The summed E-state index contributed by atoms with van der Waals surface area (Å²) in [5.74, 6) is 0. The molecule has 6 heteroatoms. The summed E-state index contributed by atoms with van der Waals surface area (Å²) in [4.78, 5) is 26.4. The Hall–Kier alpha value is -2.73. The number of carbonyl (C=O) groups is 1. The Morgan fingerprint density at radius 1 is 1.12 bits per heavy atom. The molecule has 0 aliphatic carbocycles. The number of aromatic nitrogens is 1. The molecule has 0 N–H and O–H groups in total. The Labute approximate surface area is 157 Å². The van der Waals surface area contributed by atoms with Crippen molar-refractivity contribution in [1.82, 2.24) is 4.98 Å². The van der Waals surface area contributed by atoms with Gasteiger partial charge in [0.2, 0.25) is 6.41 Å². The molecule has 134 valence electrons. The number of aryl methyl sites for hydroxylation is 3. The first-order chi connectivity index (χ1) is 12.4. The minimum atomic E-state index is 0.771. The quantitative estimate of drug-likeness (QED) is 0.376. The van der Waals surface area contributed by atoms with Crippen molar-refractivity contribution < 1.29 is 4.79 Å². The summed E-state index contributed by atoms with van der Waals surface area (Å²) in [5.41, 5.74) is 4.85. The highest BCUT2D eigenvalue weighted by Crippen LogP contribution is 2.41. The Bertz CT molecular complexity index is 974. The summed E-state index contributed by atoms with van der Waals surface area (Å²) < 4.78 is 0. The molecule has 5 nitrogen and oxygen atoms in total. The molecule has 0 saturated heterocycles. The SMILES string of the molecule is Cc1ccc(N(C=O)C=Nc2c(C)sc3nc(C)cc(N(C)C)c23)cc1. The molecule has 0 bridgehead atoms. The molecule has 3 aromatic rings. The predicted molar refractivity (Wildman–Crippen MR) is 111 cm³/mol. The van der Waals surface area contributed by atoms with E-state index in [1.54, 1.807) is 17.7 Å². The van der Waals surface area contributed by atoms with Gasteiger partial charge in [0.1, 0.15) is 11.2 Å². The number of fused-ring (bicyclic) bond motifs is 1. The third kappa shape index (κ3) is 3.46. The predicted octanol–water partition coefficient (Wildman–Crippen LogP) is 4.61. The van der Waals surface area contributed by atoms with Crippen LogP contribution in [0.25, 0.3) is 10.2 Å². The Balaban J connectivity index is 2.07. The summed E-state index contributed by atoms with van der Waals surface area (Å²) in [6, 6.07) is 9.82. The van der Waals surface area contributed by atoms with Gasteiger partial charge in [-0.1, -0.05) is 17.7 Å². The van der Waals surface area contributed by atoms with Crippen LogP contribution in [-0.4, -0.2) is 31.8 Å². The van der Waals surface area contributed by atoms with Gasteiger partial charge >= 0.3 is 0 Å². The third-order valence-electron chi connectivity index (χ3n) is 4.15. The molecule has 1 aromatic carbocycles. The zero-order valence-corrected chi connectivity index (χ0v) is 16.5. The van der Waals surface area contributed by atoms with Gasteiger partial charge in [-0.25, -0.2) is 9.98 Å². The highest BCUT2D eigenvalue weighted by molar-refractivity contribution is 7.19. The lowest BCUT2D eigenvalue weighted by Gasteiger charge is -2.15. The van der Waals surface area contributed by atoms with Crippen molar-refractivity contribution in [3.8, 4) is 0 Å². The maximum atomic E-state index is 11.5. The van der Waals surface area contributed by atoms with Crippen LogP contribution >= 0.6 is 11.3 Å². The zero-order chi connectivity index (χ0) is 18.8. The zero-order valence-electron chi connectivity index (χ0n) is 15.6. The van der Waals surface area contributed by atoms with Crippen LogP contribution in [0.3, 0.4) is 0 Å². The molecule has 26 heavy (non-hydrogen) atoms. The third-order valence-corrected chi connectivity index (χ3v) is 5.14. The van der Waals surface area contributed by atoms with E-state index in [-0.39, 0.29) is 0 Å². The summed E-state index contributed by atoms with van der Waals surface area (Å²) in [6.45, 7) is 6.04. The molecule has 3 rings (SSSR count). The van der Waals surface area contributed by atoms with Crippen molar-refractivity contribution in [3.63, 3.8) is 0 Å². The summed E-state index contributed by atoms with van der Waals surface area (Å²) in [5, 5.41) is 1.02. The number of anilines is 2. The van der Waals surface area contributed by atoms with Crippen LogP contribution in [0.2, 0.25) is 0 Å². The van der Waals surface area contributed by atoms with Crippen molar-refractivity contribution in [3.05, 3.63) is 46.5 Å². The lowest BCUT2D eigenvalue weighted by molar-refractivity contribution is -0.106. The standard InChI is InChI=1S/C20H22N4OS/c1-13-6-8-16(9-7-13)24(12-25)11-21-19-15(3)26-20-18(19)17(23(4)5)10-14(2)22-20/h6-12H,1-5H3. The number of rotatable bonds is 5. The monoisotopic (exact) mass is 366 g/mol. The first-order valence-corrected chi connectivity index (χ1v) is 9.15. The second-order valence-electron chi connectivity index (χ2n) is 6.46. The Morgan fingerprint density at radius 2 is 1.81 bits per heavy atom. The van der Waals surface area contributed by atoms with Crippen LogP contribution in [0.15, 0.2) is 35.3 Å². The van der Waals surface area contributed by atoms with Gasteiger partial charge < -0.3 is 4.90 Å². The number of pyridine rings is 1. The molecule has 2 aromatic heterocycles. The van der Waals surface area contributed by atoms with Gasteiger partial charge in [0.05, 0.1) is 16.8 Å². The average Bonchev–Trinajstić information content (AvgIpc) is 2.91. The second kappa shape index (κ2) is 7.25. The van der Waals surface area contributed by atoms with Crippen molar-refractivity contribution in [2.75, 3.05) is 23.9 Å². The van der Waals surface area contributed by atoms with Crippen molar-refractivity contribution in [2.24, 2.45) is 4.99 Å². The van der Waals surface area contributed by atoms with Crippen LogP contribution in [0.5, 0.6) is 0 Å². The fraction of sp³-hybridized carbons (Fsp3) is 0.250. The van der Waals surface area contributed by atoms with Gasteiger partial charge in [-0.05, 0) is 39.0 Å². The topological polar surface area (TPSA) is 48.8 Å². The highest BCUT2D eigenvalue weighted by Gasteiger charge is 2.16. The first kappa shape index (κ1) is 18.1. The number of nitrogens with zero attached hydrogens (tertiary/aromatic N) is 4. The molecule has 0 fully saturated rings. The van der Waals surface area contributed by atoms with E-state index in [0.29, 0.717) is 0 Å². The smallest absolute Gasteiger partial charge is 0.219 e. The van der Waals surface area contributed by atoms with Gasteiger partial charge in [0.15, 0.2) is 0 Å². The summed E-state index contributed by atoms with van der Waals surface area (Å²) >= 11 is 1.62. The molecule has 2 heterocycles. The number of amides is 1. The largest absolute Gasteiger partial charge is 0.377 e. The normalized spacial score (nSPS) is 11.3. The number of benzene rings is 1. The van der Waals surface area contributed by atoms with E-state index < -0.39 is 0 Å². The highest BCUT2D eigenvalue weighted by atomic mass is 32.1. The van der Waals surface area contributed by atoms with Crippen LogP contribution in [0, 0.1) is 20.8 Å². The van der Waals surface area contributed by atoms with Crippen LogP contribution < -0.4 is 9.80 Å². The van der Waals surface area contributed by atoms with Gasteiger partial charge in [0.25, 0.3) is 0 Å². The lowest BCUT2D eigenvalue weighted by Crippen LogP contribution is -2.18. The van der Waals surface area contributed by atoms with Crippen LogP contribution in [0.1, 0.15) is 16.1 Å². The molecule has 1 amide bonds. The number of hydrogen-bond donors (Lipinski definition) is 0. The molecule has 0 aliphatic heterocycles. The van der Waals surface area contributed by atoms with E-state index in [0.717, 1.165) is 49.8 Å². The van der Waals surface area contributed by atoms with Crippen molar-refractivity contribution in [1.29, 1.82) is 0 Å².